The van der Waals surface area contributed by atoms with Gasteiger partial charge in [0.25, 0.3) is 0 Å². The maximum Gasteiger partial charge on any atom is 0.412 e. The van der Waals surface area contributed by atoms with Gasteiger partial charge in [-0.15, -0.1) is 6.58 Å². The molecule has 0 unspecified atom stereocenters. The van der Waals surface area contributed by atoms with Crippen molar-refractivity contribution in [3.05, 3.63) is 48.1 Å². The Labute approximate surface area is 297 Å². The molecule has 1 aromatic carbocycles. The Morgan fingerprint density at radius 2 is 1.88 bits per heavy atom. The fraction of sp³-hybridized carbons (Fsp3) is 0.667. The number of fused-ring (bicyclic) bond motifs is 2. The van der Waals surface area contributed by atoms with Crippen LogP contribution in [0, 0.1) is 23.7 Å². The van der Waals surface area contributed by atoms with Gasteiger partial charge in [-0.3, -0.25) is 4.79 Å². The number of ether oxygens (including phenoxy) is 3. The zero-order chi connectivity index (χ0) is 35.7. The van der Waals surface area contributed by atoms with E-state index in [0.717, 1.165) is 61.8 Å². The molecule has 50 heavy (non-hydrogen) atoms. The first-order valence-corrected chi connectivity index (χ1v) is 18.8. The number of rotatable bonds is 19. The van der Waals surface area contributed by atoms with Gasteiger partial charge in [0.1, 0.15) is 24.1 Å². The molecule has 1 aromatic rings. The number of nitrogens with one attached hydrogen (secondary N) is 1. The monoisotopic (exact) mass is 695 g/mol. The number of carbonyl (C=O) groups is 2. The van der Waals surface area contributed by atoms with E-state index in [9.17, 15) is 19.8 Å². The van der Waals surface area contributed by atoms with Gasteiger partial charge in [-0.1, -0.05) is 37.1 Å². The Hall–Kier alpha value is -3.41. The number of carbonyl (C=O) groups excluding carboxylic acids is 2. The number of benzene rings is 1. The summed E-state index contributed by atoms with van der Waals surface area (Å²) in [5.74, 6) is -0.453. The van der Waals surface area contributed by atoms with Crippen LogP contribution >= 0.6 is 0 Å². The van der Waals surface area contributed by atoms with Crippen LogP contribution in [0.15, 0.2) is 47.7 Å². The van der Waals surface area contributed by atoms with Gasteiger partial charge < -0.3 is 39.5 Å². The first-order chi connectivity index (χ1) is 24.4. The quantitative estimate of drug-likeness (QED) is 0.0897. The van der Waals surface area contributed by atoms with Gasteiger partial charge in [-0.05, 0) is 94.4 Å². The van der Waals surface area contributed by atoms with Crippen molar-refractivity contribution >= 4 is 17.7 Å². The minimum atomic E-state index is -1.27. The summed E-state index contributed by atoms with van der Waals surface area (Å²) in [4.78, 5) is 34.5. The van der Waals surface area contributed by atoms with E-state index in [-0.39, 0.29) is 55.3 Å². The van der Waals surface area contributed by atoms with E-state index in [0.29, 0.717) is 50.5 Å². The third kappa shape index (κ3) is 8.05. The number of oxime groups is 1. The van der Waals surface area contributed by atoms with Gasteiger partial charge in [0.05, 0.1) is 18.2 Å². The van der Waals surface area contributed by atoms with E-state index in [1.54, 1.807) is 12.1 Å². The number of aliphatic hydroxyl groups is 2. The smallest absolute Gasteiger partial charge is 0.412 e. The summed E-state index contributed by atoms with van der Waals surface area (Å²) in [7, 11) is 0. The van der Waals surface area contributed by atoms with Gasteiger partial charge in [0.2, 0.25) is 11.7 Å². The summed E-state index contributed by atoms with van der Waals surface area (Å²) >= 11 is 0. The molecule has 1 heterocycles. The normalized spacial score (nSPS) is 27.3. The van der Waals surface area contributed by atoms with Crippen molar-refractivity contribution in [1.29, 1.82) is 0 Å². The molecule has 0 spiro atoms. The number of hydrogen-bond donors (Lipinski definition) is 3. The molecule has 2 fully saturated rings. The molecule has 0 saturated heterocycles. The van der Waals surface area contributed by atoms with E-state index in [1.807, 2.05) is 30.9 Å². The molecule has 5 rings (SSSR count). The Morgan fingerprint density at radius 3 is 2.54 bits per heavy atom. The Bertz CT molecular complexity index is 1390. The number of nitrogens with zero attached hydrogens (tertiary/aromatic N) is 2. The lowest BCUT2D eigenvalue weighted by Crippen LogP contribution is -2.70. The standard InChI is InChI=1S/C39H57N3O8/c1-5-19-42(37(45)26-15-16-26)34-25-32(41-48-8-4)30-23-27(13-9-11-20-43)29(14-10-12-21-44)35-31-24-28(49-38(46)40-7-3)17-18-33(31)50-39(34,36(30)35)47-22-6-2/h6,17-18,23-24,26-27,29,34-36,43-44H,2,5,7-16,19-22,25H2,1,3-4H3,(H,40,46)/t27-,29+,34-,35+,36+,39+/m0/s1. The largest absolute Gasteiger partial charge is 0.459 e. The second-order valence-electron chi connectivity index (χ2n) is 13.9. The molecule has 2 amide bonds. The summed E-state index contributed by atoms with van der Waals surface area (Å²) in [6.07, 6.45) is 11.2. The average molecular weight is 696 g/mol. The predicted molar refractivity (Wildman–Crippen MR) is 191 cm³/mol. The molecule has 4 aliphatic rings. The summed E-state index contributed by atoms with van der Waals surface area (Å²) < 4.78 is 19.9. The SMILES string of the molecule is C=CCO[C@@]12Oc3ccc(OC(=O)NCC)cc3[C@H]3[C@H](CCCCO)[C@@H](CCCCO)C=C(C(=NOCC)C[C@@H]1N(CCC)C(=O)C1CC1)[C@H]32. The van der Waals surface area contributed by atoms with Crippen LogP contribution in [0.1, 0.15) is 96.5 Å². The average Bonchev–Trinajstić information content (AvgIpc) is 3.96. The molecular weight excluding hydrogens is 638 g/mol. The van der Waals surface area contributed by atoms with Crippen molar-refractivity contribution in [3.63, 3.8) is 0 Å². The lowest BCUT2D eigenvalue weighted by molar-refractivity contribution is -0.257. The van der Waals surface area contributed by atoms with Crippen LogP contribution in [0.5, 0.6) is 11.5 Å². The molecular formula is C39H57N3O8. The number of allylic oxidation sites excluding steroid dienone is 1. The molecule has 3 aliphatic carbocycles. The van der Waals surface area contributed by atoms with Crippen LogP contribution in [0.2, 0.25) is 0 Å². The summed E-state index contributed by atoms with van der Waals surface area (Å²) in [5.41, 5.74) is 2.69. The van der Waals surface area contributed by atoms with Gasteiger partial charge in [-0.25, -0.2) is 4.79 Å². The van der Waals surface area contributed by atoms with Gasteiger partial charge in [-0.2, -0.15) is 0 Å². The van der Waals surface area contributed by atoms with Crippen LogP contribution in [-0.4, -0.2) is 84.2 Å². The fourth-order valence-corrected chi connectivity index (χ4v) is 8.37. The lowest BCUT2D eigenvalue weighted by Gasteiger charge is -2.60. The molecule has 276 valence electrons. The van der Waals surface area contributed by atoms with Crippen LogP contribution in [0.25, 0.3) is 0 Å². The second-order valence-corrected chi connectivity index (χ2v) is 13.9. The van der Waals surface area contributed by atoms with E-state index < -0.39 is 17.9 Å². The minimum Gasteiger partial charge on any atom is -0.459 e. The number of hydrogen-bond acceptors (Lipinski definition) is 9. The Balaban J connectivity index is 1.76. The molecule has 11 nitrogen and oxygen atoms in total. The molecule has 0 bridgehead atoms. The van der Waals surface area contributed by atoms with Crippen LogP contribution < -0.4 is 14.8 Å². The van der Waals surface area contributed by atoms with Crippen LogP contribution in [0.3, 0.4) is 0 Å². The zero-order valence-corrected chi connectivity index (χ0v) is 30.1. The maximum absolute atomic E-state index is 14.1. The third-order valence-corrected chi connectivity index (χ3v) is 10.5. The fourth-order valence-electron chi connectivity index (χ4n) is 8.37. The van der Waals surface area contributed by atoms with E-state index in [1.165, 1.54) is 0 Å². The van der Waals surface area contributed by atoms with Crippen molar-refractivity contribution in [2.45, 2.75) is 103 Å². The van der Waals surface area contributed by atoms with Crippen molar-refractivity contribution in [2.75, 3.05) is 39.5 Å². The highest BCUT2D eigenvalue weighted by atomic mass is 16.7. The summed E-state index contributed by atoms with van der Waals surface area (Å²) in [6, 6.07) is 5.02. The zero-order valence-electron chi connectivity index (χ0n) is 30.1. The lowest BCUT2D eigenvalue weighted by atomic mass is 9.55. The van der Waals surface area contributed by atoms with Crippen LogP contribution in [0.4, 0.5) is 4.79 Å². The van der Waals surface area contributed by atoms with Gasteiger partial charge in [0, 0.05) is 50.1 Å². The molecule has 0 aromatic heterocycles. The third-order valence-electron chi connectivity index (χ3n) is 10.5. The van der Waals surface area contributed by atoms with Gasteiger partial charge >= 0.3 is 6.09 Å². The molecule has 2 saturated carbocycles. The molecule has 1 aliphatic heterocycles. The summed E-state index contributed by atoms with van der Waals surface area (Å²) in [6.45, 7) is 11.7. The van der Waals surface area contributed by atoms with Crippen LogP contribution in [-0.2, 0) is 14.4 Å². The Kier molecular flexibility index (Phi) is 13.4. The minimum absolute atomic E-state index is 0.00337. The highest BCUT2D eigenvalue weighted by molar-refractivity contribution is 6.03. The maximum atomic E-state index is 14.1. The van der Waals surface area contributed by atoms with Crippen molar-refractivity contribution in [2.24, 2.45) is 28.8 Å². The van der Waals surface area contributed by atoms with E-state index in [4.69, 9.17) is 24.2 Å². The van der Waals surface area contributed by atoms with Crippen molar-refractivity contribution in [1.82, 2.24) is 10.2 Å². The first-order valence-electron chi connectivity index (χ1n) is 18.8. The van der Waals surface area contributed by atoms with E-state index >= 15 is 0 Å². The molecule has 0 radical (unpaired) electrons. The van der Waals surface area contributed by atoms with Gasteiger partial charge in [0.15, 0.2) is 0 Å². The molecule has 11 heteroatoms. The highest BCUT2D eigenvalue weighted by Gasteiger charge is 2.65. The number of amides is 2. The Morgan fingerprint density at radius 1 is 1.12 bits per heavy atom. The predicted octanol–water partition coefficient (Wildman–Crippen LogP) is 6.10. The number of unbranched alkanes of at least 4 members (excludes halogenated alkanes) is 2. The molecule has 3 N–H and O–H groups in total. The van der Waals surface area contributed by atoms with Crippen molar-refractivity contribution in [3.8, 4) is 11.5 Å². The first kappa shape index (κ1) is 37.8. The second kappa shape index (κ2) is 17.7. The summed E-state index contributed by atoms with van der Waals surface area (Å²) in [5, 5.41) is 27.0. The number of aliphatic hydroxyl groups excluding tert-OH is 2. The molecule has 6 atom stereocenters. The topological polar surface area (TPSA) is 139 Å². The van der Waals surface area contributed by atoms with Crippen molar-refractivity contribution < 1.29 is 38.9 Å². The van der Waals surface area contributed by atoms with E-state index in [2.05, 4.69) is 24.9 Å². The highest BCUT2D eigenvalue weighted by Crippen LogP contribution is 2.62.